The summed E-state index contributed by atoms with van der Waals surface area (Å²) in [7, 11) is 1.33. The van der Waals surface area contributed by atoms with Crippen LogP contribution in [0.1, 0.15) is 30.6 Å². The fraction of sp³-hybridized carbons (Fsp3) is 0.462. The Morgan fingerprint density at radius 1 is 1.55 bits per heavy atom. The van der Waals surface area contributed by atoms with Crippen LogP contribution in [0.25, 0.3) is 0 Å². The van der Waals surface area contributed by atoms with Crippen molar-refractivity contribution in [1.29, 1.82) is 0 Å². The van der Waals surface area contributed by atoms with Crippen molar-refractivity contribution in [3.63, 3.8) is 0 Å². The number of carbonyl (C=O) groups is 1. The van der Waals surface area contributed by atoms with Gasteiger partial charge in [-0.25, -0.2) is 0 Å². The molecule has 0 aliphatic heterocycles. The molecule has 1 rings (SSSR count). The van der Waals surface area contributed by atoms with Crippen LogP contribution in [-0.2, 0) is 0 Å². The predicted molar refractivity (Wildman–Crippen MR) is 79.6 cm³/mol. The van der Waals surface area contributed by atoms with Gasteiger partial charge in [-0.2, -0.15) is 0 Å². The largest absolute Gasteiger partial charge is 0.490 e. The van der Waals surface area contributed by atoms with Crippen LogP contribution in [-0.4, -0.2) is 28.8 Å². The molecule has 0 aliphatic carbocycles. The van der Waals surface area contributed by atoms with Gasteiger partial charge in [0.25, 0.3) is 5.91 Å². The second-order valence-electron chi connectivity index (χ2n) is 4.65. The average Bonchev–Trinajstić information content (AvgIpc) is 2.46. The van der Waals surface area contributed by atoms with Gasteiger partial charge in [0, 0.05) is 28.6 Å². The van der Waals surface area contributed by atoms with E-state index in [4.69, 9.17) is 4.74 Å². The first-order valence-electron chi connectivity index (χ1n) is 6.07. The molecule has 0 aromatic heterocycles. The number of rotatable bonds is 6. The lowest BCUT2D eigenvalue weighted by Crippen LogP contribution is -2.46. The number of nitrogens with one attached hydrogen (secondary N) is 1. The molecule has 1 unspecified atom stereocenters. The SMILES string of the molecule is CCC(C)(CBr)NC(=O)c1ccc([N+](=O)[O-])c(OC)c1. The van der Waals surface area contributed by atoms with E-state index in [1.165, 1.54) is 25.3 Å². The van der Waals surface area contributed by atoms with Crippen LogP contribution in [0.3, 0.4) is 0 Å². The first-order chi connectivity index (χ1) is 9.36. The number of hydrogen-bond donors (Lipinski definition) is 1. The van der Waals surface area contributed by atoms with Crippen molar-refractivity contribution in [3.05, 3.63) is 33.9 Å². The lowest BCUT2D eigenvalue weighted by molar-refractivity contribution is -0.385. The highest BCUT2D eigenvalue weighted by Gasteiger charge is 2.25. The molecule has 1 aromatic rings. The number of amides is 1. The summed E-state index contributed by atoms with van der Waals surface area (Å²) in [6, 6.07) is 4.06. The quantitative estimate of drug-likeness (QED) is 0.488. The second-order valence-corrected chi connectivity index (χ2v) is 5.21. The topological polar surface area (TPSA) is 81.5 Å². The van der Waals surface area contributed by atoms with Gasteiger partial charge in [0.2, 0.25) is 0 Å². The van der Waals surface area contributed by atoms with Gasteiger partial charge in [-0.3, -0.25) is 14.9 Å². The molecule has 1 amide bonds. The molecule has 0 bridgehead atoms. The van der Waals surface area contributed by atoms with Crippen LogP contribution in [0.4, 0.5) is 5.69 Å². The number of nitro groups is 1. The first kappa shape index (κ1) is 16.4. The van der Waals surface area contributed by atoms with Gasteiger partial charge in [0.15, 0.2) is 5.75 Å². The highest BCUT2D eigenvalue weighted by molar-refractivity contribution is 9.09. The standard InChI is InChI=1S/C13H17BrN2O4/c1-4-13(2,8-14)15-12(17)9-5-6-10(16(18)19)11(7-9)20-3/h5-7H,4,8H2,1-3H3,(H,15,17). The van der Waals surface area contributed by atoms with E-state index in [1.807, 2.05) is 13.8 Å². The minimum Gasteiger partial charge on any atom is -0.490 e. The maximum atomic E-state index is 12.2. The molecule has 0 saturated carbocycles. The van der Waals surface area contributed by atoms with Crippen LogP contribution in [0.15, 0.2) is 18.2 Å². The number of alkyl halides is 1. The van der Waals surface area contributed by atoms with Crippen molar-refractivity contribution in [3.8, 4) is 5.75 Å². The van der Waals surface area contributed by atoms with Crippen LogP contribution in [0, 0.1) is 10.1 Å². The highest BCUT2D eigenvalue weighted by Crippen LogP contribution is 2.27. The zero-order valence-electron chi connectivity index (χ0n) is 11.6. The molecule has 20 heavy (non-hydrogen) atoms. The molecule has 110 valence electrons. The molecule has 1 aromatic carbocycles. The van der Waals surface area contributed by atoms with Crippen molar-refractivity contribution in [2.45, 2.75) is 25.8 Å². The molecule has 0 fully saturated rings. The van der Waals surface area contributed by atoms with Crippen molar-refractivity contribution in [2.24, 2.45) is 0 Å². The van der Waals surface area contributed by atoms with Gasteiger partial charge in [-0.1, -0.05) is 22.9 Å². The number of nitrogens with zero attached hydrogens (tertiary/aromatic N) is 1. The van der Waals surface area contributed by atoms with E-state index in [-0.39, 0.29) is 22.9 Å². The van der Waals surface area contributed by atoms with Crippen LogP contribution in [0.2, 0.25) is 0 Å². The maximum absolute atomic E-state index is 12.2. The summed E-state index contributed by atoms with van der Waals surface area (Å²) in [5, 5.41) is 14.3. The third kappa shape index (κ3) is 3.69. The number of hydrogen-bond acceptors (Lipinski definition) is 4. The molecule has 0 aliphatic rings. The second kappa shape index (κ2) is 6.69. The Kier molecular flexibility index (Phi) is 5.50. The number of benzene rings is 1. The molecule has 0 radical (unpaired) electrons. The lowest BCUT2D eigenvalue weighted by Gasteiger charge is -2.27. The van der Waals surface area contributed by atoms with E-state index in [2.05, 4.69) is 21.2 Å². The minimum absolute atomic E-state index is 0.0692. The predicted octanol–water partition coefficient (Wildman–Crippen LogP) is 2.90. The zero-order chi connectivity index (χ0) is 15.3. The van der Waals surface area contributed by atoms with Gasteiger partial charge >= 0.3 is 5.69 Å². The van der Waals surface area contributed by atoms with Crippen LogP contribution >= 0.6 is 15.9 Å². The smallest absolute Gasteiger partial charge is 0.310 e. The van der Waals surface area contributed by atoms with Crippen molar-refractivity contribution < 1.29 is 14.5 Å². The third-order valence-corrected chi connectivity index (χ3v) is 4.37. The number of halogens is 1. The summed E-state index contributed by atoms with van der Waals surface area (Å²) < 4.78 is 4.95. The Balaban J connectivity index is 3.03. The number of ether oxygens (including phenoxy) is 1. The Hall–Kier alpha value is -1.63. The van der Waals surface area contributed by atoms with Crippen molar-refractivity contribution in [2.75, 3.05) is 12.4 Å². The average molecular weight is 345 g/mol. The monoisotopic (exact) mass is 344 g/mol. The maximum Gasteiger partial charge on any atom is 0.310 e. The van der Waals surface area contributed by atoms with Crippen molar-refractivity contribution in [1.82, 2.24) is 5.32 Å². The van der Waals surface area contributed by atoms with Gasteiger partial charge in [0.1, 0.15) is 0 Å². The summed E-state index contributed by atoms with van der Waals surface area (Å²) in [5.41, 5.74) is -0.206. The summed E-state index contributed by atoms with van der Waals surface area (Å²) >= 11 is 3.36. The fourth-order valence-corrected chi connectivity index (χ4v) is 2.07. The van der Waals surface area contributed by atoms with Crippen LogP contribution < -0.4 is 10.1 Å². The Labute approximate surface area is 125 Å². The molecule has 0 spiro atoms. The minimum atomic E-state index is -0.546. The molecule has 1 N–H and O–H groups in total. The summed E-state index contributed by atoms with van der Waals surface area (Å²) in [5.74, 6) is -0.221. The van der Waals surface area contributed by atoms with Gasteiger partial charge in [0.05, 0.1) is 12.0 Å². The van der Waals surface area contributed by atoms with Gasteiger partial charge < -0.3 is 10.1 Å². The van der Waals surface area contributed by atoms with E-state index in [9.17, 15) is 14.9 Å². The summed E-state index contributed by atoms with van der Waals surface area (Å²) in [6.45, 7) is 3.89. The van der Waals surface area contributed by atoms with E-state index >= 15 is 0 Å². The Morgan fingerprint density at radius 2 is 2.20 bits per heavy atom. The van der Waals surface area contributed by atoms with E-state index in [0.717, 1.165) is 6.42 Å². The third-order valence-electron chi connectivity index (χ3n) is 3.13. The number of methoxy groups -OCH3 is 1. The van der Waals surface area contributed by atoms with E-state index < -0.39 is 4.92 Å². The molecule has 0 heterocycles. The fourth-order valence-electron chi connectivity index (χ4n) is 1.53. The molecule has 1 atom stereocenters. The van der Waals surface area contributed by atoms with Gasteiger partial charge in [-0.15, -0.1) is 0 Å². The molecule has 6 nitrogen and oxygen atoms in total. The molecular weight excluding hydrogens is 328 g/mol. The van der Waals surface area contributed by atoms with E-state index in [1.54, 1.807) is 0 Å². The summed E-state index contributed by atoms with van der Waals surface area (Å²) in [6.07, 6.45) is 0.758. The van der Waals surface area contributed by atoms with E-state index in [0.29, 0.717) is 10.9 Å². The zero-order valence-corrected chi connectivity index (χ0v) is 13.2. The molecule has 7 heteroatoms. The van der Waals surface area contributed by atoms with Crippen molar-refractivity contribution >= 4 is 27.5 Å². The Morgan fingerprint density at radius 3 is 2.65 bits per heavy atom. The molecule has 0 saturated heterocycles. The summed E-state index contributed by atoms with van der Waals surface area (Å²) in [4.78, 5) is 22.4. The Bertz CT molecular complexity index is 515. The number of carbonyl (C=O) groups excluding carboxylic acids is 1. The van der Waals surface area contributed by atoms with Gasteiger partial charge in [-0.05, 0) is 19.4 Å². The normalized spacial score (nSPS) is 13.4. The molecular formula is C13H17BrN2O4. The highest BCUT2D eigenvalue weighted by atomic mass is 79.9. The first-order valence-corrected chi connectivity index (χ1v) is 7.20. The van der Waals surface area contributed by atoms with Crippen LogP contribution in [0.5, 0.6) is 5.75 Å². The number of nitro benzene ring substituents is 1. The lowest BCUT2D eigenvalue weighted by atomic mass is 10.0.